The number of oxazole rings is 1. The molecular weight excluding hydrogens is 242 g/mol. The van der Waals surface area contributed by atoms with Gasteiger partial charge in [-0.15, -0.1) is 0 Å². The van der Waals surface area contributed by atoms with Crippen molar-refractivity contribution in [2.24, 2.45) is 0 Å². The Labute approximate surface area is 103 Å². The summed E-state index contributed by atoms with van der Waals surface area (Å²) in [6.45, 7) is 5.83. The Morgan fingerprint density at radius 1 is 1.41 bits per heavy atom. The van der Waals surface area contributed by atoms with Crippen LogP contribution in [0.5, 0.6) is 0 Å². The number of rotatable bonds is 1. The lowest BCUT2D eigenvalue weighted by atomic mass is 9.97. The molecule has 4 nitrogen and oxygen atoms in total. The normalized spacial score (nSPS) is 12.0. The molecule has 0 bridgehead atoms. The van der Waals surface area contributed by atoms with Crippen molar-refractivity contribution in [1.82, 2.24) is 4.98 Å². The lowest BCUT2D eigenvalue weighted by Crippen LogP contribution is -2.10. The third-order valence-electron chi connectivity index (χ3n) is 2.33. The summed E-state index contributed by atoms with van der Waals surface area (Å²) in [5.74, 6) is -0.577. The van der Waals surface area contributed by atoms with E-state index in [9.17, 15) is 4.79 Å². The second kappa shape index (κ2) is 3.74. The largest absolute Gasteiger partial charge is 0.478 e. The van der Waals surface area contributed by atoms with E-state index in [1.165, 1.54) is 6.07 Å². The molecule has 0 aliphatic heterocycles. The highest BCUT2D eigenvalue weighted by Crippen LogP contribution is 2.29. The van der Waals surface area contributed by atoms with Gasteiger partial charge in [0, 0.05) is 10.4 Å². The highest BCUT2D eigenvalue weighted by molar-refractivity contribution is 6.31. The van der Waals surface area contributed by atoms with E-state index in [2.05, 4.69) is 4.98 Å². The smallest absolute Gasteiger partial charge is 0.339 e. The third-order valence-corrected chi connectivity index (χ3v) is 2.55. The van der Waals surface area contributed by atoms with Crippen LogP contribution in [0.25, 0.3) is 11.1 Å². The zero-order valence-corrected chi connectivity index (χ0v) is 10.5. The Balaban J connectivity index is 2.76. The highest BCUT2D eigenvalue weighted by Gasteiger charge is 2.23. The molecule has 17 heavy (non-hydrogen) atoms. The van der Waals surface area contributed by atoms with Gasteiger partial charge in [0.15, 0.2) is 5.58 Å². The number of fused-ring (bicyclic) bond motifs is 1. The van der Waals surface area contributed by atoms with Crippen LogP contribution in [0.15, 0.2) is 16.5 Å². The molecule has 0 saturated carbocycles. The van der Waals surface area contributed by atoms with Crippen LogP contribution < -0.4 is 0 Å². The first-order valence-corrected chi connectivity index (χ1v) is 5.50. The summed E-state index contributed by atoms with van der Waals surface area (Å²) in [6, 6.07) is 2.96. The third kappa shape index (κ3) is 2.13. The molecule has 0 spiro atoms. The molecule has 0 amide bonds. The Hall–Kier alpha value is -1.55. The lowest BCUT2D eigenvalue weighted by molar-refractivity contribution is 0.0697. The number of carboxylic acids is 1. The molecular formula is C12H12ClNO3. The monoisotopic (exact) mass is 253 g/mol. The molecule has 1 aromatic carbocycles. The van der Waals surface area contributed by atoms with Crippen LogP contribution in [-0.2, 0) is 5.41 Å². The highest BCUT2D eigenvalue weighted by atomic mass is 35.5. The summed E-state index contributed by atoms with van der Waals surface area (Å²) in [7, 11) is 0. The lowest BCUT2D eigenvalue weighted by Gasteiger charge is -2.11. The molecule has 0 aliphatic rings. The molecule has 2 rings (SSSR count). The van der Waals surface area contributed by atoms with Gasteiger partial charge in [0.05, 0.1) is 0 Å². The van der Waals surface area contributed by atoms with Crippen LogP contribution >= 0.6 is 11.6 Å². The zero-order chi connectivity index (χ0) is 12.8. The summed E-state index contributed by atoms with van der Waals surface area (Å²) in [5.41, 5.74) is 0.503. The quantitative estimate of drug-likeness (QED) is 0.845. The maximum Gasteiger partial charge on any atom is 0.339 e. The predicted octanol–water partition coefficient (Wildman–Crippen LogP) is 3.48. The molecule has 0 radical (unpaired) electrons. The number of carbonyl (C=O) groups is 1. The van der Waals surface area contributed by atoms with Crippen LogP contribution in [0, 0.1) is 0 Å². The average molecular weight is 254 g/mol. The summed E-state index contributed by atoms with van der Waals surface area (Å²) >= 11 is 5.85. The number of carboxylic acid groups (broad SMARTS) is 1. The van der Waals surface area contributed by atoms with E-state index < -0.39 is 5.97 Å². The first-order valence-electron chi connectivity index (χ1n) is 5.13. The van der Waals surface area contributed by atoms with E-state index in [1.807, 2.05) is 20.8 Å². The van der Waals surface area contributed by atoms with Crippen LogP contribution in [0.3, 0.4) is 0 Å². The van der Waals surface area contributed by atoms with Gasteiger partial charge in [0.2, 0.25) is 5.89 Å². The first-order chi connectivity index (χ1) is 7.79. The van der Waals surface area contributed by atoms with E-state index in [4.69, 9.17) is 21.1 Å². The Kier molecular flexibility index (Phi) is 2.62. The summed E-state index contributed by atoms with van der Waals surface area (Å²) in [4.78, 5) is 15.4. The molecule has 0 fully saturated rings. The molecule has 0 unspecified atom stereocenters. The molecule has 0 saturated heterocycles. The summed E-state index contributed by atoms with van der Waals surface area (Å²) in [5, 5.41) is 9.41. The van der Waals surface area contributed by atoms with Gasteiger partial charge in [-0.1, -0.05) is 32.4 Å². The maximum absolute atomic E-state index is 11.1. The van der Waals surface area contributed by atoms with Crippen LogP contribution in [0.1, 0.15) is 37.0 Å². The van der Waals surface area contributed by atoms with E-state index in [0.717, 1.165) is 0 Å². The molecule has 1 aromatic heterocycles. The van der Waals surface area contributed by atoms with Crippen molar-refractivity contribution >= 4 is 28.7 Å². The minimum Gasteiger partial charge on any atom is -0.478 e. The molecule has 0 atom stereocenters. The number of halogens is 1. The van der Waals surface area contributed by atoms with Crippen molar-refractivity contribution in [1.29, 1.82) is 0 Å². The number of benzene rings is 1. The molecule has 2 aromatic rings. The van der Waals surface area contributed by atoms with Gasteiger partial charge in [-0.2, -0.15) is 0 Å². The summed E-state index contributed by atoms with van der Waals surface area (Å²) < 4.78 is 5.53. The minimum atomic E-state index is -1.07. The number of aromatic nitrogens is 1. The van der Waals surface area contributed by atoms with Crippen LogP contribution in [-0.4, -0.2) is 16.1 Å². The SMILES string of the molecule is CC(C)(C)c1nc2cc(Cl)cc(C(=O)O)c2o1. The van der Waals surface area contributed by atoms with Crippen molar-refractivity contribution in [3.8, 4) is 0 Å². The topological polar surface area (TPSA) is 63.3 Å². The second-order valence-electron chi connectivity index (χ2n) is 4.88. The van der Waals surface area contributed by atoms with E-state index in [0.29, 0.717) is 16.4 Å². The average Bonchev–Trinajstić information content (AvgIpc) is 2.58. The summed E-state index contributed by atoms with van der Waals surface area (Å²) in [6.07, 6.45) is 0. The van der Waals surface area contributed by atoms with E-state index >= 15 is 0 Å². The van der Waals surface area contributed by atoms with E-state index in [1.54, 1.807) is 6.07 Å². The Bertz CT molecular complexity index is 596. The fourth-order valence-electron chi connectivity index (χ4n) is 1.48. The van der Waals surface area contributed by atoms with Gasteiger partial charge in [-0.3, -0.25) is 0 Å². The molecule has 0 aliphatic carbocycles. The van der Waals surface area contributed by atoms with Crippen molar-refractivity contribution in [3.63, 3.8) is 0 Å². The number of hydrogen-bond donors (Lipinski definition) is 1. The number of hydrogen-bond acceptors (Lipinski definition) is 3. The van der Waals surface area contributed by atoms with Crippen molar-refractivity contribution < 1.29 is 14.3 Å². The maximum atomic E-state index is 11.1. The fraction of sp³-hybridized carbons (Fsp3) is 0.333. The van der Waals surface area contributed by atoms with Gasteiger partial charge >= 0.3 is 5.97 Å². The molecule has 5 heteroatoms. The Morgan fingerprint density at radius 3 is 2.59 bits per heavy atom. The minimum absolute atomic E-state index is 0.0375. The zero-order valence-electron chi connectivity index (χ0n) is 9.74. The fourth-order valence-corrected chi connectivity index (χ4v) is 1.69. The number of nitrogens with zero attached hydrogens (tertiary/aromatic N) is 1. The van der Waals surface area contributed by atoms with Crippen molar-refractivity contribution in [2.45, 2.75) is 26.2 Å². The van der Waals surface area contributed by atoms with Crippen molar-refractivity contribution in [3.05, 3.63) is 28.6 Å². The Morgan fingerprint density at radius 2 is 2.06 bits per heavy atom. The van der Waals surface area contributed by atoms with Gasteiger partial charge in [-0.25, -0.2) is 9.78 Å². The molecule has 1 N–H and O–H groups in total. The molecule has 1 heterocycles. The first kappa shape index (κ1) is 11.9. The van der Waals surface area contributed by atoms with Gasteiger partial charge < -0.3 is 9.52 Å². The van der Waals surface area contributed by atoms with Crippen LogP contribution in [0.4, 0.5) is 0 Å². The van der Waals surface area contributed by atoms with Crippen LogP contribution in [0.2, 0.25) is 5.02 Å². The van der Waals surface area contributed by atoms with Gasteiger partial charge in [0.25, 0.3) is 0 Å². The van der Waals surface area contributed by atoms with Crippen molar-refractivity contribution in [2.75, 3.05) is 0 Å². The van der Waals surface area contributed by atoms with Gasteiger partial charge in [-0.05, 0) is 12.1 Å². The second-order valence-corrected chi connectivity index (χ2v) is 5.31. The van der Waals surface area contributed by atoms with E-state index in [-0.39, 0.29) is 16.6 Å². The molecule has 90 valence electrons. The van der Waals surface area contributed by atoms with Gasteiger partial charge in [0.1, 0.15) is 11.1 Å². The number of aromatic carboxylic acids is 1. The standard InChI is InChI=1S/C12H12ClNO3/c1-12(2,3)11-14-8-5-6(13)4-7(10(15)16)9(8)17-11/h4-5H,1-3H3,(H,15,16). The predicted molar refractivity (Wildman–Crippen MR) is 64.7 cm³/mol.